The molecule has 0 bridgehead atoms. The molecule has 32 heavy (non-hydrogen) atoms. The van der Waals surface area contributed by atoms with Crippen molar-refractivity contribution in [1.29, 1.82) is 0 Å². The predicted molar refractivity (Wildman–Crippen MR) is 122 cm³/mol. The lowest BCUT2D eigenvalue weighted by Gasteiger charge is -2.35. The van der Waals surface area contributed by atoms with Crippen molar-refractivity contribution in [2.45, 2.75) is 25.0 Å². The van der Waals surface area contributed by atoms with Crippen LogP contribution in [0, 0.1) is 0 Å². The number of carboxylic acid groups (broad SMARTS) is 1. The van der Waals surface area contributed by atoms with Crippen molar-refractivity contribution >= 4 is 11.9 Å². The number of hydrogen-bond donors (Lipinski definition) is 1. The Morgan fingerprint density at radius 1 is 0.875 bits per heavy atom. The van der Waals surface area contributed by atoms with E-state index < -0.39 is 17.9 Å². The topological polar surface area (TPSA) is 66.8 Å². The molecule has 0 fully saturated rings. The van der Waals surface area contributed by atoms with Crippen molar-refractivity contribution in [3.8, 4) is 0 Å². The summed E-state index contributed by atoms with van der Waals surface area (Å²) in [6, 6.07) is 27.7. The van der Waals surface area contributed by atoms with E-state index in [0.29, 0.717) is 12.4 Å². The van der Waals surface area contributed by atoms with Gasteiger partial charge in [-0.1, -0.05) is 91.0 Å². The quantitative estimate of drug-likeness (QED) is 0.598. The molecule has 1 amide bonds. The molecule has 1 atom stereocenters. The van der Waals surface area contributed by atoms with Gasteiger partial charge in [-0.05, 0) is 22.8 Å². The van der Waals surface area contributed by atoms with Gasteiger partial charge in [0.25, 0.3) is 0 Å². The Balaban J connectivity index is 1.58. The summed E-state index contributed by atoms with van der Waals surface area (Å²) in [5.41, 5.74) is 2.68. The minimum absolute atomic E-state index is 0.143. The van der Waals surface area contributed by atoms with Crippen molar-refractivity contribution in [2.24, 2.45) is 0 Å². The third-order valence-electron chi connectivity index (χ3n) is 5.63. The van der Waals surface area contributed by atoms with E-state index in [9.17, 15) is 14.7 Å². The summed E-state index contributed by atoms with van der Waals surface area (Å²) >= 11 is 0. The fraction of sp³-hybridized carbons (Fsp3) is 0.185. The van der Waals surface area contributed by atoms with Crippen LogP contribution in [0.25, 0.3) is 0 Å². The zero-order chi connectivity index (χ0) is 22.3. The highest BCUT2D eigenvalue weighted by atomic mass is 16.5. The molecule has 1 aliphatic heterocycles. The Hall–Kier alpha value is -3.86. The van der Waals surface area contributed by atoms with Crippen LogP contribution in [0.5, 0.6) is 0 Å². The number of amides is 1. The maximum absolute atomic E-state index is 13.7. The van der Waals surface area contributed by atoms with Crippen molar-refractivity contribution in [3.05, 3.63) is 120 Å². The molecule has 0 aromatic heterocycles. The van der Waals surface area contributed by atoms with Crippen LogP contribution >= 0.6 is 0 Å². The number of carboxylic acids is 1. The maximum atomic E-state index is 13.7. The minimum atomic E-state index is -1.04. The molecule has 0 saturated heterocycles. The standard InChI is InChI=1S/C27H25NO4/c29-26(25(21-12-6-2-7-13-21)22-14-8-3-9-15-22)28-17-16-23(18-24(28)27(30)31)32-19-20-10-4-1-5-11-20/h1-16,24-25H,17-19H2,(H,30,31)/t24-/m0/s1. The first-order valence-corrected chi connectivity index (χ1v) is 10.6. The van der Waals surface area contributed by atoms with Crippen LogP contribution < -0.4 is 0 Å². The van der Waals surface area contributed by atoms with E-state index in [1.54, 1.807) is 0 Å². The van der Waals surface area contributed by atoms with Gasteiger partial charge in [-0.25, -0.2) is 4.79 Å². The monoisotopic (exact) mass is 427 g/mol. The van der Waals surface area contributed by atoms with E-state index in [2.05, 4.69) is 0 Å². The third-order valence-corrected chi connectivity index (χ3v) is 5.63. The second-order valence-corrected chi connectivity index (χ2v) is 7.75. The van der Waals surface area contributed by atoms with E-state index >= 15 is 0 Å². The highest BCUT2D eigenvalue weighted by Gasteiger charge is 2.37. The maximum Gasteiger partial charge on any atom is 0.326 e. The zero-order valence-electron chi connectivity index (χ0n) is 17.6. The Labute approximate surface area is 187 Å². The Morgan fingerprint density at radius 2 is 1.41 bits per heavy atom. The SMILES string of the molecule is O=C(O)[C@@H]1CC(OCc2ccccc2)=CCN1C(=O)C(c1ccccc1)c1ccccc1. The van der Waals surface area contributed by atoms with E-state index in [0.717, 1.165) is 16.7 Å². The van der Waals surface area contributed by atoms with Crippen molar-refractivity contribution < 1.29 is 19.4 Å². The molecule has 1 N–H and O–H groups in total. The number of carbonyl (C=O) groups excluding carboxylic acids is 1. The zero-order valence-corrected chi connectivity index (χ0v) is 17.6. The molecule has 0 saturated carbocycles. The molecular formula is C27H25NO4. The second kappa shape index (κ2) is 9.96. The van der Waals surface area contributed by atoms with E-state index in [-0.39, 0.29) is 18.9 Å². The Bertz CT molecular complexity index is 1040. The number of rotatable bonds is 7. The Morgan fingerprint density at radius 3 is 1.94 bits per heavy atom. The highest BCUT2D eigenvalue weighted by Crippen LogP contribution is 2.30. The van der Waals surface area contributed by atoms with E-state index in [4.69, 9.17) is 4.74 Å². The lowest BCUT2D eigenvalue weighted by Crippen LogP contribution is -2.49. The number of carbonyl (C=O) groups is 2. The normalized spacial score (nSPS) is 15.8. The smallest absolute Gasteiger partial charge is 0.326 e. The molecule has 3 aromatic carbocycles. The Kier molecular flexibility index (Phi) is 6.66. The number of nitrogens with zero attached hydrogens (tertiary/aromatic N) is 1. The van der Waals surface area contributed by atoms with Gasteiger partial charge >= 0.3 is 5.97 Å². The van der Waals surface area contributed by atoms with E-state index in [1.807, 2.05) is 97.1 Å². The molecule has 162 valence electrons. The number of hydrogen-bond acceptors (Lipinski definition) is 3. The predicted octanol–water partition coefficient (Wildman–Crippen LogP) is 4.60. The summed E-state index contributed by atoms with van der Waals surface area (Å²) in [4.78, 5) is 27.2. The first-order valence-electron chi connectivity index (χ1n) is 10.6. The van der Waals surface area contributed by atoms with Gasteiger partial charge in [0.1, 0.15) is 12.6 Å². The molecule has 0 unspecified atom stereocenters. The van der Waals surface area contributed by atoms with Gasteiger partial charge in [-0.3, -0.25) is 4.79 Å². The summed E-state index contributed by atoms with van der Waals surface area (Å²) in [6.07, 6.45) is 1.96. The lowest BCUT2D eigenvalue weighted by atomic mass is 9.89. The first-order chi connectivity index (χ1) is 15.6. The number of aliphatic carboxylic acids is 1. The van der Waals surface area contributed by atoms with E-state index in [1.165, 1.54) is 4.90 Å². The van der Waals surface area contributed by atoms with Gasteiger partial charge in [0, 0.05) is 13.0 Å². The molecule has 0 aliphatic carbocycles. The summed E-state index contributed by atoms with van der Waals surface area (Å²) in [6.45, 7) is 0.555. The van der Waals surface area contributed by atoms with Crippen LogP contribution in [-0.4, -0.2) is 34.5 Å². The molecule has 0 radical (unpaired) electrons. The van der Waals surface area contributed by atoms with Gasteiger partial charge in [0.2, 0.25) is 5.91 Å². The van der Waals surface area contributed by atoms with Crippen LogP contribution in [0.3, 0.4) is 0 Å². The summed E-state index contributed by atoms with van der Waals surface area (Å²) < 4.78 is 5.87. The van der Waals surface area contributed by atoms with Crippen LogP contribution in [0.2, 0.25) is 0 Å². The van der Waals surface area contributed by atoms with Crippen molar-refractivity contribution in [2.75, 3.05) is 6.54 Å². The largest absolute Gasteiger partial charge is 0.493 e. The lowest BCUT2D eigenvalue weighted by molar-refractivity contribution is -0.151. The first kappa shape index (κ1) is 21.4. The van der Waals surface area contributed by atoms with Gasteiger partial charge in [-0.2, -0.15) is 0 Å². The van der Waals surface area contributed by atoms with Gasteiger partial charge in [-0.15, -0.1) is 0 Å². The van der Waals surface area contributed by atoms with Crippen molar-refractivity contribution in [3.63, 3.8) is 0 Å². The summed E-state index contributed by atoms with van der Waals surface area (Å²) in [7, 11) is 0. The van der Waals surface area contributed by atoms with Gasteiger partial charge in [0.15, 0.2) is 0 Å². The number of ether oxygens (including phenoxy) is 1. The highest BCUT2D eigenvalue weighted by molar-refractivity contribution is 5.91. The minimum Gasteiger partial charge on any atom is -0.493 e. The average molecular weight is 428 g/mol. The van der Waals surface area contributed by atoms with Crippen LogP contribution in [0.15, 0.2) is 103 Å². The molecule has 1 aliphatic rings. The molecular weight excluding hydrogens is 402 g/mol. The molecule has 5 heteroatoms. The van der Waals surface area contributed by atoms with Gasteiger partial charge < -0.3 is 14.7 Å². The summed E-state index contributed by atoms with van der Waals surface area (Å²) in [5.74, 6) is -1.24. The van der Waals surface area contributed by atoms with Crippen LogP contribution in [0.1, 0.15) is 29.0 Å². The molecule has 5 nitrogen and oxygen atoms in total. The van der Waals surface area contributed by atoms with Crippen LogP contribution in [0.4, 0.5) is 0 Å². The fourth-order valence-electron chi connectivity index (χ4n) is 3.98. The molecule has 4 rings (SSSR count). The van der Waals surface area contributed by atoms with Crippen molar-refractivity contribution in [1.82, 2.24) is 4.90 Å². The fourth-order valence-corrected chi connectivity index (χ4v) is 3.98. The molecule has 3 aromatic rings. The van der Waals surface area contributed by atoms with Gasteiger partial charge in [0.05, 0.1) is 11.7 Å². The van der Waals surface area contributed by atoms with Crippen LogP contribution in [-0.2, 0) is 20.9 Å². The molecule has 0 spiro atoms. The third kappa shape index (κ3) is 4.89. The molecule has 1 heterocycles. The second-order valence-electron chi connectivity index (χ2n) is 7.75. The summed E-state index contributed by atoms with van der Waals surface area (Å²) in [5, 5.41) is 9.91. The number of benzene rings is 3. The average Bonchev–Trinajstić information content (AvgIpc) is 2.84.